The molecule has 1 aliphatic carbocycles. The SMILES string of the molecule is CCN(c1cc(-c2ccc(OCCOC)nc2)cc(C(=O)NCc2c(C)cc(C)[nH]c2=O)c1C)[C@H]1CC[C@H](N(C)C)CC1. The number of rotatable bonds is 12. The molecule has 2 heterocycles. The Labute approximate surface area is 255 Å². The number of H-pyrrole nitrogens is 1. The zero-order valence-electron chi connectivity index (χ0n) is 26.8. The highest BCUT2D eigenvalue weighted by molar-refractivity contribution is 5.99. The second kappa shape index (κ2) is 14.7. The molecular formula is C34H47N5O4. The Kier molecular flexibility index (Phi) is 11.0. The molecule has 0 aliphatic heterocycles. The van der Waals surface area contributed by atoms with Crippen LogP contribution in [-0.2, 0) is 11.3 Å². The smallest absolute Gasteiger partial charge is 0.253 e. The maximum absolute atomic E-state index is 13.8. The van der Waals surface area contributed by atoms with Gasteiger partial charge in [0.1, 0.15) is 6.61 Å². The highest BCUT2D eigenvalue weighted by Crippen LogP contribution is 2.35. The highest BCUT2D eigenvalue weighted by atomic mass is 16.5. The number of carbonyl (C=O) groups excluding carboxylic acids is 1. The molecule has 1 fully saturated rings. The molecule has 0 saturated heterocycles. The maximum Gasteiger partial charge on any atom is 0.253 e. The van der Waals surface area contributed by atoms with Gasteiger partial charge in [0.25, 0.3) is 11.5 Å². The third-order valence-electron chi connectivity index (χ3n) is 8.64. The first-order chi connectivity index (χ1) is 20.6. The maximum atomic E-state index is 13.8. The average molecular weight is 590 g/mol. The van der Waals surface area contributed by atoms with Gasteiger partial charge in [-0.1, -0.05) is 0 Å². The summed E-state index contributed by atoms with van der Waals surface area (Å²) in [7, 11) is 5.96. The van der Waals surface area contributed by atoms with E-state index < -0.39 is 0 Å². The summed E-state index contributed by atoms with van der Waals surface area (Å²) in [5.74, 6) is 0.317. The van der Waals surface area contributed by atoms with Crippen LogP contribution in [0.1, 0.15) is 65.3 Å². The molecule has 2 N–H and O–H groups in total. The van der Waals surface area contributed by atoms with Gasteiger partial charge in [-0.2, -0.15) is 0 Å². The number of amides is 1. The number of pyridine rings is 2. The van der Waals surface area contributed by atoms with Gasteiger partial charge in [-0.25, -0.2) is 4.98 Å². The molecule has 0 atom stereocenters. The molecule has 0 radical (unpaired) electrons. The van der Waals surface area contributed by atoms with Crippen molar-refractivity contribution in [2.75, 3.05) is 45.9 Å². The standard InChI is InChI=1S/C34H47N5O4/c1-8-39(28-12-10-27(11-13-28)38(5)6)31-19-26(25-9-14-32(35-20-25)43-16-15-42-7)18-29(24(31)4)33(40)36-21-30-22(2)17-23(3)37-34(30)41/h9,14,17-20,27-28H,8,10-13,15-16,21H2,1-7H3,(H,36,40)(H,37,41)/t27-,28-. The summed E-state index contributed by atoms with van der Waals surface area (Å²) in [5, 5.41) is 3.03. The van der Waals surface area contributed by atoms with Crippen LogP contribution in [0.3, 0.4) is 0 Å². The summed E-state index contributed by atoms with van der Waals surface area (Å²) >= 11 is 0. The van der Waals surface area contributed by atoms with Crippen molar-refractivity contribution in [3.63, 3.8) is 0 Å². The van der Waals surface area contributed by atoms with Crippen molar-refractivity contribution >= 4 is 11.6 Å². The predicted molar refractivity (Wildman–Crippen MR) is 172 cm³/mol. The Morgan fingerprint density at radius 2 is 1.74 bits per heavy atom. The van der Waals surface area contributed by atoms with Gasteiger partial charge in [0.2, 0.25) is 5.88 Å². The van der Waals surface area contributed by atoms with Crippen molar-refractivity contribution in [3.05, 3.63) is 74.8 Å². The lowest BCUT2D eigenvalue weighted by molar-refractivity contribution is 0.0950. The fraction of sp³-hybridized carbons (Fsp3) is 0.500. The van der Waals surface area contributed by atoms with E-state index in [-0.39, 0.29) is 18.0 Å². The number of carbonyl (C=O) groups is 1. The number of anilines is 1. The van der Waals surface area contributed by atoms with Crippen LogP contribution in [0, 0.1) is 20.8 Å². The van der Waals surface area contributed by atoms with Gasteiger partial charge in [0.15, 0.2) is 0 Å². The molecule has 1 aliphatic rings. The van der Waals surface area contributed by atoms with E-state index in [1.165, 1.54) is 0 Å². The van der Waals surface area contributed by atoms with Gasteiger partial charge < -0.3 is 29.6 Å². The number of methoxy groups -OCH3 is 1. The second-order valence-corrected chi connectivity index (χ2v) is 11.7. The molecule has 0 unspecified atom stereocenters. The van der Waals surface area contributed by atoms with Crippen molar-refractivity contribution in [2.24, 2.45) is 0 Å². The summed E-state index contributed by atoms with van der Waals surface area (Å²) in [4.78, 5) is 38.5. The molecule has 0 bridgehead atoms. The first kappa shape index (κ1) is 32.2. The number of aryl methyl sites for hydroxylation is 2. The lowest BCUT2D eigenvalue weighted by Gasteiger charge is -2.40. The van der Waals surface area contributed by atoms with Gasteiger partial charge >= 0.3 is 0 Å². The van der Waals surface area contributed by atoms with E-state index in [1.807, 2.05) is 45.0 Å². The first-order valence-corrected chi connectivity index (χ1v) is 15.3. The van der Waals surface area contributed by atoms with Crippen LogP contribution in [0.2, 0.25) is 0 Å². The molecule has 4 rings (SSSR count). The third kappa shape index (κ3) is 7.83. The molecule has 2 aromatic heterocycles. The van der Waals surface area contributed by atoms with E-state index in [4.69, 9.17) is 9.47 Å². The number of ether oxygens (including phenoxy) is 2. The third-order valence-corrected chi connectivity index (χ3v) is 8.64. The molecule has 1 aromatic carbocycles. The van der Waals surface area contributed by atoms with Crippen LogP contribution in [0.5, 0.6) is 5.88 Å². The van der Waals surface area contributed by atoms with E-state index in [1.54, 1.807) is 13.3 Å². The number of aromatic amines is 1. The Balaban J connectivity index is 1.68. The van der Waals surface area contributed by atoms with Crippen LogP contribution in [0.25, 0.3) is 11.1 Å². The minimum Gasteiger partial charge on any atom is -0.475 e. The Bertz CT molecular complexity index is 1440. The Morgan fingerprint density at radius 1 is 1.02 bits per heavy atom. The van der Waals surface area contributed by atoms with Crippen molar-refractivity contribution in [1.29, 1.82) is 0 Å². The van der Waals surface area contributed by atoms with E-state index in [0.717, 1.165) is 65.9 Å². The zero-order chi connectivity index (χ0) is 31.1. The number of aromatic nitrogens is 2. The Morgan fingerprint density at radius 3 is 2.35 bits per heavy atom. The lowest BCUT2D eigenvalue weighted by Crippen LogP contribution is -2.42. The topological polar surface area (TPSA) is 99.8 Å². The molecular weight excluding hydrogens is 542 g/mol. The minimum absolute atomic E-state index is 0.153. The van der Waals surface area contributed by atoms with Crippen molar-refractivity contribution in [3.8, 4) is 17.0 Å². The van der Waals surface area contributed by atoms with E-state index >= 15 is 0 Å². The number of hydrogen-bond acceptors (Lipinski definition) is 7. The summed E-state index contributed by atoms with van der Waals surface area (Å²) in [6.45, 7) is 9.86. The fourth-order valence-corrected chi connectivity index (χ4v) is 6.14. The number of nitrogens with zero attached hydrogens (tertiary/aromatic N) is 3. The highest BCUT2D eigenvalue weighted by Gasteiger charge is 2.28. The predicted octanol–water partition coefficient (Wildman–Crippen LogP) is 5.02. The van der Waals surface area contributed by atoms with Crippen molar-refractivity contribution in [2.45, 2.75) is 72.0 Å². The Hall–Kier alpha value is -3.69. The van der Waals surface area contributed by atoms with Gasteiger partial charge in [-0.05, 0) is 108 Å². The normalized spacial score (nSPS) is 16.7. The number of benzene rings is 1. The monoisotopic (exact) mass is 589 g/mol. The van der Waals surface area contributed by atoms with Crippen LogP contribution in [0.4, 0.5) is 5.69 Å². The fourth-order valence-electron chi connectivity index (χ4n) is 6.14. The average Bonchev–Trinajstić information content (AvgIpc) is 2.98. The van der Waals surface area contributed by atoms with Crippen molar-refractivity contribution in [1.82, 2.24) is 20.2 Å². The van der Waals surface area contributed by atoms with Gasteiger partial charge in [-0.15, -0.1) is 0 Å². The van der Waals surface area contributed by atoms with Gasteiger partial charge in [-0.3, -0.25) is 9.59 Å². The van der Waals surface area contributed by atoms with E-state index in [2.05, 4.69) is 52.2 Å². The van der Waals surface area contributed by atoms with Crippen LogP contribution in [0.15, 0.2) is 41.3 Å². The molecule has 0 spiro atoms. The van der Waals surface area contributed by atoms with Gasteiger partial charge in [0.05, 0.1) is 6.61 Å². The summed E-state index contributed by atoms with van der Waals surface area (Å²) in [6, 6.07) is 10.9. The summed E-state index contributed by atoms with van der Waals surface area (Å²) in [6.07, 6.45) is 6.29. The number of nitrogens with one attached hydrogen (secondary N) is 2. The molecule has 1 saturated carbocycles. The van der Waals surface area contributed by atoms with Gasteiger partial charge in [0, 0.05) is 72.6 Å². The lowest BCUT2D eigenvalue weighted by atomic mass is 9.88. The second-order valence-electron chi connectivity index (χ2n) is 11.7. The zero-order valence-corrected chi connectivity index (χ0v) is 26.8. The molecule has 9 nitrogen and oxygen atoms in total. The first-order valence-electron chi connectivity index (χ1n) is 15.3. The molecule has 9 heteroatoms. The van der Waals surface area contributed by atoms with Crippen molar-refractivity contribution < 1.29 is 14.3 Å². The minimum atomic E-state index is -0.208. The van der Waals surface area contributed by atoms with Crippen LogP contribution < -0.4 is 20.5 Å². The molecule has 3 aromatic rings. The summed E-state index contributed by atoms with van der Waals surface area (Å²) in [5.41, 5.74) is 6.44. The largest absolute Gasteiger partial charge is 0.475 e. The van der Waals surface area contributed by atoms with Crippen LogP contribution >= 0.6 is 0 Å². The molecule has 1 amide bonds. The quantitative estimate of drug-likeness (QED) is 0.286. The molecule has 232 valence electrons. The summed E-state index contributed by atoms with van der Waals surface area (Å²) < 4.78 is 10.7. The van der Waals surface area contributed by atoms with E-state index in [9.17, 15) is 9.59 Å². The molecule has 43 heavy (non-hydrogen) atoms. The van der Waals surface area contributed by atoms with Crippen LogP contribution in [-0.4, -0.2) is 73.8 Å². The van der Waals surface area contributed by atoms with E-state index in [0.29, 0.717) is 42.3 Å². The number of hydrogen-bond donors (Lipinski definition) is 2.